The number of phenolic OH excluding ortho intramolecular Hbond substituents is 1. The van der Waals surface area contributed by atoms with E-state index < -0.39 is 54.9 Å². The van der Waals surface area contributed by atoms with Crippen molar-refractivity contribution in [2.75, 3.05) is 26.9 Å². The molecule has 45 heavy (non-hydrogen) atoms. The Hall–Kier alpha value is -3.78. The summed E-state index contributed by atoms with van der Waals surface area (Å²) >= 11 is 0. The van der Waals surface area contributed by atoms with Gasteiger partial charge in [-0.15, -0.1) is 0 Å². The molecule has 240 valence electrons. The summed E-state index contributed by atoms with van der Waals surface area (Å²) in [5, 5.41) is 64.2. The quantitative estimate of drug-likeness (QED) is 0.190. The first kappa shape index (κ1) is 31.2. The van der Waals surface area contributed by atoms with E-state index in [9.17, 15) is 40.2 Å². The minimum Gasteiger partial charge on any atom is -0.506 e. The Balaban J connectivity index is 1.45. The van der Waals surface area contributed by atoms with Gasteiger partial charge < -0.3 is 49.7 Å². The lowest BCUT2D eigenvalue weighted by molar-refractivity contribution is -0.327. The Morgan fingerprint density at radius 1 is 1.11 bits per heavy atom. The van der Waals surface area contributed by atoms with E-state index >= 15 is 0 Å². The molecule has 0 bridgehead atoms. The number of ketones is 1. The molecule has 6 rings (SSSR count). The highest BCUT2D eigenvalue weighted by Crippen LogP contribution is 2.47. The molecule has 3 aromatic rings. The highest BCUT2D eigenvalue weighted by atomic mass is 16.7. The number of rotatable bonds is 9. The molecule has 1 saturated heterocycles. The number of carbonyl (C=O) groups is 2. The van der Waals surface area contributed by atoms with Gasteiger partial charge in [-0.2, -0.15) is 0 Å². The summed E-state index contributed by atoms with van der Waals surface area (Å²) in [5.74, 6) is -0.952. The molecule has 1 aliphatic carbocycles. The zero-order chi connectivity index (χ0) is 32.0. The molecule has 6 N–H and O–H groups in total. The summed E-state index contributed by atoms with van der Waals surface area (Å²) in [5.41, 5.74) is -0.480. The van der Waals surface area contributed by atoms with E-state index in [-0.39, 0.29) is 41.6 Å². The van der Waals surface area contributed by atoms with Crippen LogP contribution in [0.1, 0.15) is 63.4 Å². The number of carbonyl (C=O) groups excluding carboxylic acids is 2. The summed E-state index contributed by atoms with van der Waals surface area (Å²) in [4.78, 5) is 28.6. The number of ether oxygens (including phenoxy) is 3. The summed E-state index contributed by atoms with van der Waals surface area (Å²) in [6.07, 6.45) is -3.33. The zero-order valence-electron chi connectivity index (χ0n) is 24.8. The number of aromatic hydroxyl groups is 1. The van der Waals surface area contributed by atoms with Crippen molar-refractivity contribution in [2.45, 2.75) is 68.3 Å². The summed E-state index contributed by atoms with van der Waals surface area (Å²) in [6, 6.07) is 12.0. The number of hydrogen-bond acceptors (Lipinski definition) is 11. The number of aliphatic hydroxyl groups excluding tert-OH is 4. The number of fused-ring (bicyclic) bond motifs is 2. The molecule has 3 aliphatic rings. The Morgan fingerprint density at radius 3 is 2.51 bits per heavy atom. The second-order valence-electron chi connectivity index (χ2n) is 12.0. The highest BCUT2D eigenvalue weighted by molar-refractivity contribution is 6.10. The van der Waals surface area contributed by atoms with Crippen LogP contribution in [0.4, 0.5) is 0 Å². The van der Waals surface area contributed by atoms with E-state index in [0.29, 0.717) is 22.3 Å². The number of phenols is 1. The molecule has 12 heteroatoms. The first-order chi connectivity index (χ1) is 21.6. The third-order valence-electron chi connectivity index (χ3n) is 9.31. The average molecular weight is 624 g/mol. The monoisotopic (exact) mass is 623 g/mol. The number of benzene rings is 3. The van der Waals surface area contributed by atoms with Gasteiger partial charge in [0, 0.05) is 18.2 Å². The molecule has 3 aromatic carbocycles. The maximum absolute atomic E-state index is 14.1. The van der Waals surface area contributed by atoms with Crippen LogP contribution < -0.4 is 9.47 Å². The molecule has 12 nitrogen and oxygen atoms in total. The lowest BCUT2D eigenvalue weighted by Gasteiger charge is -2.46. The van der Waals surface area contributed by atoms with E-state index in [1.807, 2.05) is 12.1 Å². The van der Waals surface area contributed by atoms with Crippen LogP contribution in [-0.2, 0) is 11.3 Å². The van der Waals surface area contributed by atoms with Gasteiger partial charge >= 0.3 is 0 Å². The van der Waals surface area contributed by atoms with Crippen LogP contribution in [0.2, 0.25) is 0 Å². The molecule has 2 fully saturated rings. The van der Waals surface area contributed by atoms with Gasteiger partial charge in [0.1, 0.15) is 35.6 Å². The molecule has 0 radical (unpaired) electrons. The molecule has 2 heterocycles. The van der Waals surface area contributed by atoms with E-state index in [1.54, 1.807) is 24.3 Å². The van der Waals surface area contributed by atoms with Crippen molar-refractivity contribution in [3.05, 3.63) is 64.7 Å². The molecule has 1 amide bonds. The van der Waals surface area contributed by atoms with Crippen molar-refractivity contribution in [3.8, 4) is 17.2 Å². The van der Waals surface area contributed by atoms with Crippen LogP contribution in [0.25, 0.3) is 10.8 Å². The van der Waals surface area contributed by atoms with Gasteiger partial charge in [-0.3, -0.25) is 9.59 Å². The number of methoxy groups -OCH3 is 1. The van der Waals surface area contributed by atoms with Gasteiger partial charge in [0.25, 0.3) is 5.91 Å². The van der Waals surface area contributed by atoms with Gasteiger partial charge in [-0.05, 0) is 53.5 Å². The lowest BCUT2D eigenvalue weighted by Crippen LogP contribution is -2.69. The largest absolute Gasteiger partial charge is 0.506 e. The van der Waals surface area contributed by atoms with E-state index in [0.717, 1.165) is 31.2 Å². The topological polar surface area (TPSA) is 186 Å². The highest BCUT2D eigenvalue weighted by Gasteiger charge is 2.56. The average Bonchev–Trinajstić information content (AvgIpc) is 3.69. The van der Waals surface area contributed by atoms with Crippen molar-refractivity contribution >= 4 is 22.5 Å². The Morgan fingerprint density at radius 2 is 1.84 bits per heavy atom. The van der Waals surface area contributed by atoms with Crippen LogP contribution in [0, 0.1) is 0 Å². The van der Waals surface area contributed by atoms with Crippen LogP contribution in [0.15, 0.2) is 42.5 Å². The third kappa shape index (κ3) is 5.31. The molecule has 2 aliphatic heterocycles. The van der Waals surface area contributed by atoms with E-state index in [1.165, 1.54) is 18.1 Å². The molecular weight excluding hydrogens is 586 g/mol. The second-order valence-corrected chi connectivity index (χ2v) is 12.0. The summed E-state index contributed by atoms with van der Waals surface area (Å²) in [7, 11) is 1.43. The minimum absolute atomic E-state index is 0.00981. The zero-order valence-corrected chi connectivity index (χ0v) is 24.8. The molecule has 1 saturated carbocycles. The van der Waals surface area contributed by atoms with E-state index in [4.69, 9.17) is 14.2 Å². The number of hydrogen-bond donors (Lipinski definition) is 6. The van der Waals surface area contributed by atoms with Crippen molar-refractivity contribution < 1.29 is 54.4 Å². The molecular formula is C33H37NO11. The Bertz CT molecular complexity index is 1620. The number of nitrogens with zero attached hydrogens (tertiary/aromatic N) is 1. The van der Waals surface area contributed by atoms with Crippen molar-refractivity contribution in [3.63, 3.8) is 0 Å². The first-order valence-corrected chi connectivity index (χ1v) is 15.0. The normalized spacial score (nSPS) is 26.8. The third-order valence-corrected chi connectivity index (χ3v) is 9.31. The number of aliphatic hydroxyl groups is 5. The fourth-order valence-corrected chi connectivity index (χ4v) is 6.80. The predicted molar refractivity (Wildman–Crippen MR) is 159 cm³/mol. The number of Topliss-reactive ketones (excluding diaryl/α,β-unsaturated/α-hetero) is 1. The maximum Gasteiger partial charge on any atom is 0.254 e. The molecule has 0 aromatic heterocycles. The van der Waals surface area contributed by atoms with Crippen molar-refractivity contribution in [1.29, 1.82) is 0 Å². The Kier molecular flexibility index (Phi) is 8.46. The maximum atomic E-state index is 14.1. The van der Waals surface area contributed by atoms with Crippen molar-refractivity contribution in [2.24, 2.45) is 0 Å². The fraction of sp³-hybridized carbons (Fsp3) is 0.455. The second kappa shape index (κ2) is 12.2. The first-order valence-electron chi connectivity index (χ1n) is 15.0. The lowest BCUT2D eigenvalue weighted by atomic mass is 9.86. The molecule has 0 unspecified atom stereocenters. The van der Waals surface area contributed by atoms with Crippen LogP contribution in [0.3, 0.4) is 0 Å². The molecule has 0 spiro atoms. The van der Waals surface area contributed by atoms with Crippen molar-refractivity contribution in [1.82, 2.24) is 4.90 Å². The van der Waals surface area contributed by atoms with Gasteiger partial charge in [0.15, 0.2) is 11.4 Å². The minimum atomic E-state index is -2.52. The SMILES string of the molecule is COc1cc(O[C@H]2O[C@H](CO)[C@@H](O)[C@H](O)[C@]2(O)CO)c2c(O)c(C(=O)CN3Cc4ccccc4C3=O)c(C3CCCC3)cc2c1. The predicted octanol–water partition coefficient (Wildman–Crippen LogP) is 1.59. The molecule has 5 atom stereocenters. The van der Waals surface area contributed by atoms with Gasteiger partial charge in [0.2, 0.25) is 6.29 Å². The van der Waals surface area contributed by atoms with Crippen LogP contribution in [0.5, 0.6) is 17.2 Å². The van der Waals surface area contributed by atoms with Gasteiger partial charge in [0.05, 0.1) is 37.8 Å². The summed E-state index contributed by atoms with van der Waals surface area (Å²) in [6.45, 7) is -1.81. The standard InChI is InChI=1S/C33H37NO11/c1-43-20-10-19-11-22(17-6-2-3-7-17)27(23(37)14-34-13-18-8-4-5-9-21(18)31(34)41)29(39)26(19)24(12-20)44-32-33(42,16-36)30(40)28(38)25(15-35)45-32/h4-5,8-12,17,25,28,30,32,35-36,38-40,42H,2-3,6-7,13-16H2,1H3/t25-,28-,30+,32+,33-/m1/s1. The summed E-state index contributed by atoms with van der Waals surface area (Å²) < 4.78 is 17.1. The van der Waals surface area contributed by atoms with Crippen LogP contribution in [-0.4, -0.2) is 104 Å². The fourth-order valence-electron chi connectivity index (χ4n) is 6.80. The Labute approximate surface area is 259 Å². The van der Waals surface area contributed by atoms with Crippen LogP contribution >= 0.6 is 0 Å². The number of amides is 1. The van der Waals surface area contributed by atoms with Gasteiger partial charge in [-0.25, -0.2) is 0 Å². The smallest absolute Gasteiger partial charge is 0.254 e. The van der Waals surface area contributed by atoms with Gasteiger partial charge in [-0.1, -0.05) is 31.0 Å². The van der Waals surface area contributed by atoms with E-state index in [2.05, 4.69) is 0 Å².